The fraction of sp³-hybridized carbons (Fsp3) is 0.118. The number of nitrogens with two attached hydrogens (primary N) is 1. The lowest BCUT2D eigenvalue weighted by Crippen LogP contribution is -2.23. The number of hydrogen-bond acceptors (Lipinski definition) is 8. The van der Waals surface area contributed by atoms with Gasteiger partial charge in [-0.2, -0.15) is 5.10 Å². The van der Waals surface area contributed by atoms with Crippen LogP contribution in [0, 0.1) is 6.92 Å². The van der Waals surface area contributed by atoms with Crippen LogP contribution in [0.25, 0.3) is 16.9 Å². The van der Waals surface area contributed by atoms with Gasteiger partial charge in [-0.1, -0.05) is 6.07 Å². The molecule has 0 aliphatic rings. The second-order valence-corrected chi connectivity index (χ2v) is 7.79. The molecule has 0 saturated carbocycles. The number of sulfonamides is 1. The maximum absolute atomic E-state index is 12.7. The molecule has 0 amide bonds. The van der Waals surface area contributed by atoms with E-state index in [0.29, 0.717) is 22.6 Å². The van der Waals surface area contributed by atoms with Crippen molar-refractivity contribution < 1.29 is 8.42 Å². The molecular weight excluding hydrogens is 380 g/mol. The number of aryl methyl sites for hydroxylation is 1. The maximum Gasteiger partial charge on any atom is 0.240 e. The van der Waals surface area contributed by atoms with E-state index in [-0.39, 0.29) is 17.3 Å². The number of nitrogens with zero attached hydrogens (tertiary/aromatic N) is 6. The third-order valence-corrected chi connectivity index (χ3v) is 5.59. The second kappa shape index (κ2) is 6.94. The molecule has 0 aliphatic heterocycles. The highest BCUT2D eigenvalue weighted by atomic mass is 32.2. The van der Waals surface area contributed by atoms with Gasteiger partial charge < -0.3 is 5.73 Å². The van der Waals surface area contributed by atoms with Gasteiger partial charge in [0.2, 0.25) is 10.0 Å². The highest BCUT2D eigenvalue weighted by molar-refractivity contribution is 7.89. The van der Waals surface area contributed by atoms with Crippen LogP contribution >= 0.6 is 0 Å². The van der Waals surface area contributed by atoms with E-state index in [0.717, 1.165) is 5.56 Å². The molecule has 0 aliphatic carbocycles. The minimum absolute atomic E-state index is 0.0404. The molecule has 1 aromatic carbocycles. The minimum Gasteiger partial charge on any atom is -0.381 e. The molecule has 0 radical (unpaired) electrons. The molecule has 11 heteroatoms. The third-order valence-electron chi connectivity index (χ3n) is 4.19. The Bertz CT molecular complexity index is 1250. The van der Waals surface area contributed by atoms with Gasteiger partial charge in [-0.25, -0.2) is 27.6 Å². The Hall–Kier alpha value is -3.44. The van der Waals surface area contributed by atoms with E-state index in [4.69, 9.17) is 5.73 Å². The summed E-state index contributed by atoms with van der Waals surface area (Å²) in [6.07, 6.45) is 7.45. The molecule has 3 aromatic heterocycles. The highest BCUT2D eigenvalue weighted by Crippen LogP contribution is 2.27. The largest absolute Gasteiger partial charge is 0.381 e. The lowest BCUT2D eigenvalue weighted by molar-refractivity contribution is 0.580. The molecule has 142 valence electrons. The predicted molar refractivity (Wildman–Crippen MR) is 101 cm³/mol. The molecule has 0 fully saturated rings. The normalized spacial score (nSPS) is 11.8. The topological polar surface area (TPSA) is 141 Å². The van der Waals surface area contributed by atoms with E-state index in [1.165, 1.54) is 29.4 Å². The highest BCUT2D eigenvalue weighted by Gasteiger charge is 2.18. The average Bonchev–Trinajstić information content (AvgIpc) is 3.13. The first kappa shape index (κ1) is 17.9. The lowest BCUT2D eigenvalue weighted by Gasteiger charge is -2.10. The van der Waals surface area contributed by atoms with Gasteiger partial charge in [-0.15, -0.1) is 0 Å². The standard InChI is InChI=1S/C17H16N8O2S/c1-11-2-3-13(28(26,27)24-8-12-7-19-4-5-20-12)6-14(11)15-9-21-17-16(18)22-10-23-25(15)17/h2-7,9-10,24H,8H2,1H3,(H2,18,22,23). The van der Waals surface area contributed by atoms with Gasteiger partial charge in [-0.05, 0) is 24.6 Å². The first-order valence-corrected chi connectivity index (χ1v) is 9.74. The summed E-state index contributed by atoms with van der Waals surface area (Å²) in [5.41, 5.74) is 8.92. The Balaban J connectivity index is 1.71. The van der Waals surface area contributed by atoms with Crippen LogP contribution in [0.3, 0.4) is 0 Å². The Morgan fingerprint density at radius 1 is 1.14 bits per heavy atom. The van der Waals surface area contributed by atoms with Crippen molar-refractivity contribution in [1.82, 2.24) is 34.3 Å². The second-order valence-electron chi connectivity index (χ2n) is 6.02. The Morgan fingerprint density at radius 2 is 2.00 bits per heavy atom. The van der Waals surface area contributed by atoms with Crippen LogP contribution in [0.4, 0.5) is 5.82 Å². The molecule has 3 heterocycles. The van der Waals surface area contributed by atoms with Crippen LogP contribution in [0.15, 0.2) is 54.2 Å². The number of benzene rings is 1. The van der Waals surface area contributed by atoms with Crippen molar-refractivity contribution in [2.24, 2.45) is 0 Å². The summed E-state index contributed by atoms with van der Waals surface area (Å²) in [5, 5.41) is 4.17. The molecule has 3 N–H and O–H groups in total. The van der Waals surface area contributed by atoms with Crippen molar-refractivity contribution in [3.63, 3.8) is 0 Å². The predicted octanol–water partition coefficient (Wildman–Crippen LogP) is 0.950. The van der Waals surface area contributed by atoms with Crippen LogP contribution in [-0.2, 0) is 16.6 Å². The Kier molecular flexibility index (Phi) is 4.45. The zero-order chi connectivity index (χ0) is 19.7. The number of anilines is 1. The summed E-state index contributed by atoms with van der Waals surface area (Å²) < 4.78 is 29.5. The van der Waals surface area contributed by atoms with Crippen molar-refractivity contribution in [2.45, 2.75) is 18.4 Å². The van der Waals surface area contributed by atoms with E-state index >= 15 is 0 Å². The van der Waals surface area contributed by atoms with Gasteiger partial charge in [0.05, 0.1) is 29.0 Å². The lowest BCUT2D eigenvalue weighted by atomic mass is 10.1. The molecular formula is C17H16N8O2S. The molecule has 28 heavy (non-hydrogen) atoms. The average molecular weight is 396 g/mol. The fourth-order valence-corrected chi connectivity index (χ4v) is 3.76. The van der Waals surface area contributed by atoms with Crippen molar-refractivity contribution in [1.29, 1.82) is 0 Å². The molecule has 0 saturated heterocycles. The van der Waals surface area contributed by atoms with E-state index in [9.17, 15) is 8.42 Å². The quantitative estimate of drug-likeness (QED) is 0.508. The number of nitrogens with one attached hydrogen (secondary N) is 1. The van der Waals surface area contributed by atoms with E-state index in [1.54, 1.807) is 24.4 Å². The zero-order valence-electron chi connectivity index (χ0n) is 14.8. The molecule has 4 rings (SSSR count). The summed E-state index contributed by atoms with van der Waals surface area (Å²) in [6.45, 7) is 1.92. The van der Waals surface area contributed by atoms with Crippen molar-refractivity contribution >= 4 is 21.5 Å². The smallest absolute Gasteiger partial charge is 0.240 e. The van der Waals surface area contributed by atoms with Crippen molar-refractivity contribution in [3.8, 4) is 11.3 Å². The monoisotopic (exact) mass is 396 g/mol. The number of aromatic nitrogens is 6. The van der Waals surface area contributed by atoms with Crippen molar-refractivity contribution in [3.05, 3.63) is 60.6 Å². The number of rotatable bonds is 5. The Morgan fingerprint density at radius 3 is 2.79 bits per heavy atom. The van der Waals surface area contributed by atoms with Crippen LogP contribution in [0.5, 0.6) is 0 Å². The molecule has 0 atom stereocenters. The molecule has 0 bridgehead atoms. The third kappa shape index (κ3) is 3.28. The summed E-state index contributed by atoms with van der Waals surface area (Å²) in [6, 6.07) is 4.86. The van der Waals surface area contributed by atoms with Gasteiger partial charge in [0.1, 0.15) is 6.33 Å². The summed E-state index contributed by atoms with van der Waals surface area (Å²) >= 11 is 0. The maximum atomic E-state index is 12.7. The number of imidazole rings is 1. The first-order chi connectivity index (χ1) is 13.5. The summed E-state index contributed by atoms with van der Waals surface area (Å²) in [4.78, 5) is 16.3. The van der Waals surface area contributed by atoms with Crippen LogP contribution in [0.2, 0.25) is 0 Å². The van der Waals surface area contributed by atoms with Crippen LogP contribution in [-0.4, -0.2) is 38.0 Å². The van der Waals surface area contributed by atoms with E-state index in [1.807, 2.05) is 6.92 Å². The first-order valence-electron chi connectivity index (χ1n) is 8.25. The minimum atomic E-state index is -3.76. The van der Waals surface area contributed by atoms with Crippen LogP contribution in [0.1, 0.15) is 11.3 Å². The summed E-state index contributed by atoms with van der Waals surface area (Å²) in [7, 11) is -3.76. The number of hydrogen-bond donors (Lipinski definition) is 2. The molecule has 10 nitrogen and oxygen atoms in total. The zero-order valence-corrected chi connectivity index (χ0v) is 15.6. The van der Waals surface area contributed by atoms with Crippen LogP contribution < -0.4 is 10.5 Å². The van der Waals surface area contributed by atoms with Gasteiger partial charge >= 0.3 is 0 Å². The van der Waals surface area contributed by atoms with E-state index < -0.39 is 10.0 Å². The van der Waals surface area contributed by atoms with Gasteiger partial charge in [0, 0.05) is 24.2 Å². The number of nitrogen functional groups attached to an aromatic ring is 1. The molecule has 4 aromatic rings. The van der Waals surface area contributed by atoms with E-state index in [2.05, 4.69) is 29.8 Å². The number of fused-ring (bicyclic) bond motifs is 1. The SMILES string of the molecule is Cc1ccc(S(=O)(=O)NCc2cnccn2)cc1-c1cnc2c(N)ncnn12. The Labute approximate surface area is 160 Å². The molecule has 0 unspecified atom stereocenters. The van der Waals surface area contributed by atoms with Crippen molar-refractivity contribution in [2.75, 3.05) is 5.73 Å². The van der Waals surface area contributed by atoms with Gasteiger partial charge in [0.15, 0.2) is 11.5 Å². The van der Waals surface area contributed by atoms with Gasteiger partial charge in [-0.3, -0.25) is 9.97 Å². The fourth-order valence-electron chi connectivity index (χ4n) is 2.74. The summed E-state index contributed by atoms with van der Waals surface area (Å²) in [5.74, 6) is 0.244. The van der Waals surface area contributed by atoms with Gasteiger partial charge in [0.25, 0.3) is 0 Å². The molecule has 0 spiro atoms.